The van der Waals surface area contributed by atoms with Crippen LogP contribution < -0.4 is 15.4 Å². The van der Waals surface area contributed by atoms with Crippen molar-refractivity contribution in [3.8, 4) is 5.75 Å². The number of nitrogens with zero attached hydrogens (tertiary/aromatic N) is 1. The number of nitrogen functional groups attached to an aromatic ring is 1. The van der Waals surface area contributed by atoms with Gasteiger partial charge in [0.1, 0.15) is 5.75 Å². The fourth-order valence-corrected chi connectivity index (χ4v) is 2.29. The monoisotopic (exact) mass is 262 g/mol. The Kier molecular flexibility index (Phi) is 2.41. The summed E-state index contributed by atoms with van der Waals surface area (Å²) in [6.07, 6.45) is 1.20. The quantitative estimate of drug-likeness (QED) is 0.788. The molecule has 6 heteroatoms. The number of carbonyl (C=O) groups excluding carboxylic acids is 1. The number of hydrogen-bond donors (Lipinski definition) is 2. The summed E-state index contributed by atoms with van der Waals surface area (Å²) in [5.74, 6) is -0.516. The van der Waals surface area contributed by atoms with Gasteiger partial charge >= 0.3 is 5.97 Å². The Hall–Kier alpha value is -2.24. The highest BCUT2D eigenvalue weighted by molar-refractivity contribution is 5.99. The van der Waals surface area contributed by atoms with Crippen LogP contribution in [0, 0.1) is 5.41 Å². The van der Waals surface area contributed by atoms with Gasteiger partial charge in [-0.2, -0.15) is 0 Å². The third-order valence-corrected chi connectivity index (χ3v) is 3.69. The normalized spacial score (nSPS) is 19.6. The van der Waals surface area contributed by atoms with E-state index in [0.717, 1.165) is 0 Å². The number of carbonyl (C=O) groups is 2. The van der Waals surface area contributed by atoms with E-state index in [1.54, 1.807) is 18.2 Å². The van der Waals surface area contributed by atoms with Crippen molar-refractivity contribution in [1.82, 2.24) is 0 Å². The van der Waals surface area contributed by atoms with E-state index in [-0.39, 0.29) is 19.1 Å². The van der Waals surface area contributed by atoms with Crippen LogP contribution in [0.2, 0.25) is 0 Å². The Bertz CT molecular complexity index is 566. The molecule has 1 aliphatic carbocycles. The number of carboxylic acids is 1. The topological polar surface area (TPSA) is 92.9 Å². The number of aliphatic carboxylic acids is 1. The smallest absolute Gasteiger partial charge is 0.311 e. The third-order valence-electron chi connectivity index (χ3n) is 3.69. The average Bonchev–Trinajstić information content (AvgIpc) is 3.14. The Morgan fingerprint density at radius 3 is 2.84 bits per heavy atom. The zero-order valence-electron chi connectivity index (χ0n) is 10.3. The second-order valence-electron chi connectivity index (χ2n) is 5.08. The van der Waals surface area contributed by atoms with Gasteiger partial charge in [0.15, 0.2) is 6.61 Å². The maximum Gasteiger partial charge on any atom is 0.311 e. The molecule has 0 spiro atoms. The summed E-state index contributed by atoms with van der Waals surface area (Å²) in [7, 11) is 0. The first-order valence-electron chi connectivity index (χ1n) is 6.08. The van der Waals surface area contributed by atoms with E-state index < -0.39 is 11.4 Å². The number of ether oxygens (including phenoxy) is 1. The number of benzene rings is 1. The van der Waals surface area contributed by atoms with Gasteiger partial charge in [-0.1, -0.05) is 0 Å². The van der Waals surface area contributed by atoms with Crippen LogP contribution in [0.3, 0.4) is 0 Å². The van der Waals surface area contributed by atoms with E-state index in [2.05, 4.69) is 0 Å². The Morgan fingerprint density at radius 2 is 2.21 bits per heavy atom. The number of rotatable bonds is 3. The Labute approximate surface area is 109 Å². The maximum atomic E-state index is 12.0. The fourth-order valence-electron chi connectivity index (χ4n) is 2.29. The average molecular weight is 262 g/mol. The molecular formula is C13H14N2O4. The van der Waals surface area contributed by atoms with Crippen LogP contribution in [-0.4, -0.2) is 30.1 Å². The van der Waals surface area contributed by atoms with Gasteiger partial charge in [-0.05, 0) is 31.0 Å². The molecule has 0 unspecified atom stereocenters. The van der Waals surface area contributed by atoms with Crippen molar-refractivity contribution >= 4 is 23.3 Å². The molecule has 1 aromatic rings. The summed E-state index contributed by atoms with van der Waals surface area (Å²) >= 11 is 0. The summed E-state index contributed by atoms with van der Waals surface area (Å²) in [5, 5.41) is 9.23. The molecule has 2 aliphatic rings. The Morgan fingerprint density at radius 1 is 1.47 bits per heavy atom. The molecular weight excluding hydrogens is 248 g/mol. The molecule has 1 saturated carbocycles. The minimum absolute atomic E-state index is 0.0629. The van der Waals surface area contributed by atoms with E-state index in [1.807, 2.05) is 0 Å². The summed E-state index contributed by atoms with van der Waals surface area (Å²) in [4.78, 5) is 24.7. The lowest BCUT2D eigenvalue weighted by Gasteiger charge is -2.31. The molecule has 3 rings (SSSR count). The van der Waals surface area contributed by atoms with Crippen LogP contribution in [0.4, 0.5) is 11.4 Å². The molecule has 1 aliphatic heterocycles. The number of nitrogens with two attached hydrogens (primary N) is 1. The molecule has 0 aromatic heterocycles. The van der Waals surface area contributed by atoms with Crippen LogP contribution >= 0.6 is 0 Å². The van der Waals surface area contributed by atoms with E-state index in [1.165, 1.54) is 4.90 Å². The second-order valence-corrected chi connectivity index (χ2v) is 5.08. The minimum Gasteiger partial charge on any atom is -0.482 e. The van der Waals surface area contributed by atoms with Crippen molar-refractivity contribution in [2.75, 3.05) is 23.8 Å². The minimum atomic E-state index is -0.850. The SMILES string of the molecule is Nc1ccc2c(c1)N(CC1(C(=O)O)CC1)C(=O)CO2. The van der Waals surface area contributed by atoms with Gasteiger partial charge in [-0.25, -0.2) is 0 Å². The van der Waals surface area contributed by atoms with Crippen molar-refractivity contribution in [2.45, 2.75) is 12.8 Å². The van der Waals surface area contributed by atoms with E-state index in [0.29, 0.717) is 30.0 Å². The standard InChI is InChI=1S/C13H14N2O4/c14-8-1-2-10-9(5-8)15(11(16)6-19-10)7-13(3-4-13)12(17)18/h1-2,5H,3-4,6-7,14H2,(H,17,18). The number of anilines is 2. The van der Waals surface area contributed by atoms with Gasteiger partial charge in [0.2, 0.25) is 0 Å². The highest BCUT2D eigenvalue weighted by Crippen LogP contribution is 2.48. The van der Waals surface area contributed by atoms with Crippen LogP contribution in [0.1, 0.15) is 12.8 Å². The lowest BCUT2D eigenvalue weighted by atomic mass is 10.1. The summed E-state index contributed by atoms with van der Waals surface area (Å²) < 4.78 is 5.32. The maximum absolute atomic E-state index is 12.0. The molecule has 1 amide bonds. The molecule has 6 nitrogen and oxygen atoms in total. The zero-order valence-corrected chi connectivity index (χ0v) is 10.3. The van der Waals surface area contributed by atoms with E-state index in [9.17, 15) is 14.7 Å². The lowest BCUT2D eigenvalue weighted by Crippen LogP contribution is -2.44. The highest BCUT2D eigenvalue weighted by atomic mass is 16.5. The van der Waals surface area contributed by atoms with E-state index in [4.69, 9.17) is 10.5 Å². The van der Waals surface area contributed by atoms with Gasteiger partial charge < -0.3 is 20.5 Å². The molecule has 19 heavy (non-hydrogen) atoms. The molecule has 3 N–H and O–H groups in total. The molecule has 0 atom stereocenters. The largest absolute Gasteiger partial charge is 0.482 e. The van der Waals surface area contributed by atoms with Gasteiger partial charge in [0.05, 0.1) is 11.1 Å². The van der Waals surface area contributed by atoms with E-state index >= 15 is 0 Å². The molecule has 0 saturated heterocycles. The van der Waals surface area contributed by atoms with Crippen molar-refractivity contribution in [3.05, 3.63) is 18.2 Å². The van der Waals surface area contributed by atoms with Gasteiger partial charge in [-0.3, -0.25) is 9.59 Å². The third kappa shape index (κ3) is 1.89. The molecule has 0 radical (unpaired) electrons. The molecule has 0 bridgehead atoms. The lowest BCUT2D eigenvalue weighted by molar-refractivity contribution is -0.143. The number of fused-ring (bicyclic) bond motifs is 1. The second kappa shape index (κ2) is 3.88. The summed E-state index contributed by atoms with van der Waals surface area (Å²) in [5.41, 5.74) is 6.00. The first kappa shape index (κ1) is 11.8. The predicted molar refractivity (Wildman–Crippen MR) is 68.0 cm³/mol. The number of carboxylic acid groups (broad SMARTS) is 1. The highest BCUT2D eigenvalue weighted by Gasteiger charge is 2.52. The fraction of sp³-hybridized carbons (Fsp3) is 0.385. The Balaban J connectivity index is 1.95. The van der Waals surface area contributed by atoms with Crippen molar-refractivity contribution in [2.24, 2.45) is 5.41 Å². The molecule has 1 aromatic carbocycles. The van der Waals surface area contributed by atoms with Gasteiger partial charge in [0.25, 0.3) is 5.91 Å². The molecule has 1 fully saturated rings. The van der Waals surface area contributed by atoms with Gasteiger partial charge in [0, 0.05) is 12.2 Å². The number of hydrogen-bond acceptors (Lipinski definition) is 4. The van der Waals surface area contributed by atoms with Crippen LogP contribution in [0.25, 0.3) is 0 Å². The summed E-state index contributed by atoms with van der Waals surface area (Å²) in [6.45, 7) is 0.119. The number of amides is 1. The molecule has 1 heterocycles. The van der Waals surface area contributed by atoms with Crippen molar-refractivity contribution < 1.29 is 19.4 Å². The first-order chi connectivity index (χ1) is 9.02. The van der Waals surface area contributed by atoms with Crippen molar-refractivity contribution in [3.63, 3.8) is 0 Å². The summed E-state index contributed by atoms with van der Waals surface area (Å²) in [6, 6.07) is 5.03. The predicted octanol–water partition coefficient (Wildman–Crippen LogP) is 0.859. The van der Waals surface area contributed by atoms with Gasteiger partial charge in [-0.15, -0.1) is 0 Å². The zero-order chi connectivity index (χ0) is 13.6. The van der Waals surface area contributed by atoms with Crippen LogP contribution in [-0.2, 0) is 9.59 Å². The van der Waals surface area contributed by atoms with Crippen molar-refractivity contribution in [1.29, 1.82) is 0 Å². The van der Waals surface area contributed by atoms with Crippen LogP contribution in [0.15, 0.2) is 18.2 Å². The first-order valence-corrected chi connectivity index (χ1v) is 6.08. The van der Waals surface area contributed by atoms with Crippen LogP contribution in [0.5, 0.6) is 5.75 Å². The molecule has 100 valence electrons.